The first kappa shape index (κ1) is 25.9. The van der Waals surface area contributed by atoms with Crippen molar-refractivity contribution in [2.24, 2.45) is 57.7 Å². The third-order valence-electron chi connectivity index (χ3n) is 13.2. The molecule has 0 amide bonds. The molecule has 0 bridgehead atoms. The van der Waals surface area contributed by atoms with Gasteiger partial charge in [0, 0.05) is 19.1 Å². The lowest BCUT2D eigenvalue weighted by atomic mass is 9.45. The summed E-state index contributed by atoms with van der Waals surface area (Å²) in [7, 11) is 2.02. The number of allylic oxidation sites excluding steroid dienone is 2. The molecule has 1 saturated heterocycles. The maximum Gasteiger partial charge on any atom is 0.157 e. The molecule has 36 heavy (non-hydrogen) atoms. The summed E-state index contributed by atoms with van der Waals surface area (Å²) in [6.45, 7) is 11.9. The van der Waals surface area contributed by atoms with Gasteiger partial charge in [0.15, 0.2) is 6.29 Å². The second-order valence-corrected chi connectivity index (χ2v) is 14.7. The highest BCUT2D eigenvalue weighted by Crippen LogP contribution is 2.82. The van der Waals surface area contributed by atoms with Gasteiger partial charge in [0.05, 0.1) is 12.7 Å². The summed E-state index contributed by atoms with van der Waals surface area (Å²) in [5.41, 5.74) is 1.61. The Hall–Kier alpha value is -0.380. The van der Waals surface area contributed by atoms with Crippen molar-refractivity contribution in [2.45, 2.75) is 117 Å². The summed E-state index contributed by atoms with van der Waals surface area (Å²) in [5, 5.41) is 0. The van der Waals surface area contributed by atoms with Crippen LogP contribution in [0.2, 0.25) is 0 Å². The van der Waals surface area contributed by atoms with E-state index in [2.05, 4.69) is 39.8 Å². The van der Waals surface area contributed by atoms with Crippen molar-refractivity contribution in [1.29, 1.82) is 0 Å². The van der Waals surface area contributed by atoms with Gasteiger partial charge >= 0.3 is 0 Å². The molecule has 0 radical (unpaired) electrons. The number of ether oxygens (including phenoxy) is 3. The lowest BCUT2D eigenvalue weighted by molar-refractivity contribution is -0.168. The molecule has 1 heterocycles. The first-order chi connectivity index (χ1) is 17.3. The van der Waals surface area contributed by atoms with E-state index in [0.717, 1.165) is 55.6 Å². The lowest BCUT2D eigenvalue weighted by Crippen LogP contribution is -2.57. The van der Waals surface area contributed by atoms with Crippen molar-refractivity contribution in [3.8, 4) is 0 Å². The van der Waals surface area contributed by atoms with E-state index in [-0.39, 0.29) is 6.29 Å². The van der Waals surface area contributed by atoms with Crippen LogP contribution in [0.3, 0.4) is 0 Å². The summed E-state index contributed by atoms with van der Waals surface area (Å²) in [4.78, 5) is 0. The molecule has 5 aliphatic carbocycles. The Labute approximate surface area is 221 Å². The maximum atomic E-state index is 6.32. The van der Waals surface area contributed by atoms with E-state index in [9.17, 15) is 0 Å². The smallest absolute Gasteiger partial charge is 0.157 e. The van der Waals surface area contributed by atoms with Crippen LogP contribution >= 0.6 is 0 Å². The predicted octanol–water partition coefficient (Wildman–Crippen LogP) is 8.03. The molecule has 6 rings (SSSR count). The monoisotopic (exact) mass is 498 g/mol. The normalized spacial score (nSPS) is 51.3. The molecule has 1 unspecified atom stereocenters. The molecule has 204 valence electrons. The molecular weight excluding hydrogens is 444 g/mol. The SMILES string of the molecule is CO[C@@H]1C[C@H]2[C@@H]3CC[C@H]([C@H](C)/C=C/C[C@@H](C)COC4CCCCO4)[C@@]3(C)CC[C@@H]2[C@@]2(C)CC[C@@H]3C[C@]312. The van der Waals surface area contributed by atoms with Crippen molar-refractivity contribution in [3.63, 3.8) is 0 Å². The van der Waals surface area contributed by atoms with Gasteiger partial charge in [0.1, 0.15) is 0 Å². The van der Waals surface area contributed by atoms with Crippen LogP contribution in [-0.4, -0.2) is 32.7 Å². The third kappa shape index (κ3) is 3.91. The molecule has 1 aliphatic heterocycles. The van der Waals surface area contributed by atoms with Gasteiger partial charge in [-0.25, -0.2) is 0 Å². The molecule has 6 fully saturated rings. The van der Waals surface area contributed by atoms with Crippen molar-refractivity contribution < 1.29 is 14.2 Å². The molecule has 6 aliphatic rings. The highest BCUT2D eigenvalue weighted by molar-refractivity contribution is 5.26. The van der Waals surface area contributed by atoms with Gasteiger partial charge in [0.25, 0.3) is 0 Å². The summed E-state index contributed by atoms with van der Waals surface area (Å²) in [6.07, 6.45) is 21.8. The minimum absolute atomic E-state index is 0.0410. The zero-order chi connectivity index (χ0) is 25.1. The van der Waals surface area contributed by atoms with Crippen molar-refractivity contribution in [2.75, 3.05) is 20.3 Å². The number of rotatable bonds is 8. The van der Waals surface area contributed by atoms with E-state index in [0.29, 0.717) is 34.2 Å². The Morgan fingerprint density at radius 2 is 1.86 bits per heavy atom. The van der Waals surface area contributed by atoms with Crippen molar-refractivity contribution in [3.05, 3.63) is 12.2 Å². The van der Waals surface area contributed by atoms with E-state index in [1.807, 2.05) is 7.11 Å². The quantitative estimate of drug-likeness (QED) is 0.317. The molecule has 3 nitrogen and oxygen atoms in total. The highest BCUT2D eigenvalue weighted by Gasteiger charge is 2.77. The average molecular weight is 499 g/mol. The van der Waals surface area contributed by atoms with Gasteiger partial charge in [0.2, 0.25) is 0 Å². The van der Waals surface area contributed by atoms with Crippen LogP contribution in [0.1, 0.15) is 105 Å². The predicted molar refractivity (Wildman–Crippen MR) is 145 cm³/mol. The van der Waals surface area contributed by atoms with E-state index in [1.54, 1.807) is 0 Å². The van der Waals surface area contributed by atoms with Crippen LogP contribution in [0.4, 0.5) is 0 Å². The van der Waals surface area contributed by atoms with Gasteiger partial charge in [-0.2, -0.15) is 0 Å². The number of fused-ring (bicyclic) bond motifs is 4. The van der Waals surface area contributed by atoms with Gasteiger partial charge in [-0.3, -0.25) is 0 Å². The summed E-state index contributed by atoms with van der Waals surface area (Å²) in [5.74, 6) is 5.80. The summed E-state index contributed by atoms with van der Waals surface area (Å²) >= 11 is 0. The largest absolute Gasteiger partial charge is 0.381 e. The Kier molecular flexibility index (Phi) is 6.95. The van der Waals surface area contributed by atoms with Crippen LogP contribution in [0, 0.1) is 57.7 Å². The van der Waals surface area contributed by atoms with Crippen LogP contribution in [0.5, 0.6) is 0 Å². The van der Waals surface area contributed by atoms with Crippen LogP contribution in [-0.2, 0) is 14.2 Å². The van der Waals surface area contributed by atoms with Crippen molar-refractivity contribution in [1.82, 2.24) is 0 Å². The molecule has 0 aromatic carbocycles. The molecule has 3 heteroatoms. The summed E-state index contributed by atoms with van der Waals surface area (Å²) < 4.78 is 18.1. The number of methoxy groups -OCH3 is 1. The van der Waals surface area contributed by atoms with Gasteiger partial charge in [-0.05, 0) is 129 Å². The zero-order valence-electron chi connectivity index (χ0n) is 24.0. The molecule has 0 N–H and O–H groups in total. The fourth-order valence-corrected chi connectivity index (χ4v) is 11.3. The Morgan fingerprint density at radius 1 is 1.00 bits per heavy atom. The van der Waals surface area contributed by atoms with Gasteiger partial charge in [-0.15, -0.1) is 0 Å². The van der Waals surface area contributed by atoms with E-state index >= 15 is 0 Å². The number of hydrogen-bond acceptors (Lipinski definition) is 3. The Morgan fingerprint density at radius 3 is 2.61 bits per heavy atom. The molecule has 0 aromatic rings. The zero-order valence-corrected chi connectivity index (χ0v) is 24.0. The third-order valence-corrected chi connectivity index (χ3v) is 13.2. The van der Waals surface area contributed by atoms with Crippen LogP contribution < -0.4 is 0 Å². The Balaban J connectivity index is 1.07. The second kappa shape index (κ2) is 9.67. The van der Waals surface area contributed by atoms with E-state index < -0.39 is 0 Å². The van der Waals surface area contributed by atoms with Crippen LogP contribution in [0.15, 0.2) is 12.2 Å². The van der Waals surface area contributed by atoms with Gasteiger partial charge in [-0.1, -0.05) is 39.8 Å². The summed E-state index contributed by atoms with van der Waals surface area (Å²) in [6, 6.07) is 0. The standard InChI is InChI=1S/C33H54O3/c1-22(21-36-30-11-6-7-18-35-30)9-8-10-23(2)26-12-13-27-25-19-29(34-5)33-20-24(33)14-17-32(33,4)28(25)15-16-31(26,27)3/h8,10,22-30H,6-7,9,11-21H2,1-5H3/b10-8+/t22-,23-,24-,25+,26-,27+,28+,29-,30?,31-,32-,33+/m1/s1. The maximum absolute atomic E-state index is 6.32. The fraction of sp³-hybridized carbons (Fsp3) is 0.939. The van der Waals surface area contributed by atoms with Gasteiger partial charge < -0.3 is 14.2 Å². The fourth-order valence-electron chi connectivity index (χ4n) is 11.3. The van der Waals surface area contributed by atoms with Crippen molar-refractivity contribution >= 4 is 0 Å². The minimum Gasteiger partial charge on any atom is -0.381 e. The highest BCUT2D eigenvalue weighted by atomic mass is 16.7. The molecule has 12 atom stereocenters. The second-order valence-electron chi connectivity index (χ2n) is 14.7. The average Bonchev–Trinajstić information content (AvgIpc) is 3.39. The number of hydrogen-bond donors (Lipinski definition) is 0. The van der Waals surface area contributed by atoms with Crippen LogP contribution in [0.25, 0.3) is 0 Å². The lowest BCUT2D eigenvalue weighted by Gasteiger charge is -2.61. The topological polar surface area (TPSA) is 27.7 Å². The Bertz CT molecular complexity index is 818. The molecule has 1 spiro atoms. The van der Waals surface area contributed by atoms with E-state index in [1.165, 1.54) is 64.2 Å². The van der Waals surface area contributed by atoms with E-state index in [4.69, 9.17) is 14.2 Å². The molecule has 0 aromatic heterocycles. The molecule has 5 saturated carbocycles. The first-order valence-corrected chi connectivity index (χ1v) is 15.8. The first-order valence-electron chi connectivity index (χ1n) is 15.8. The molecular formula is C33H54O3. The minimum atomic E-state index is 0.0410.